The number of aliphatic hydroxyl groups is 1. The van der Waals surface area contributed by atoms with E-state index in [9.17, 15) is 38.7 Å². The van der Waals surface area contributed by atoms with Gasteiger partial charge in [-0.3, -0.25) is 33.6 Å². The fourth-order valence-electron chi connectivity index (χ4n) is 10.0. The van der Waals surface area contributed by atoms with Crippen LogP contribution in [0.5, 0.6) is 0 Å². The van der Waals surface area contributed by atoms with Crippen LogP contribution in [0.2, 0.25) is 0 Å². The van der Waals surface area contributed by atoms with Gasteiger partial charge in [0, 0.05) is 64.5 Å². The number of hydrogen-bond donors (Lipinski definition) is 8. The van der Waals surface area contributed by atoms with E-state index in [0.717, 1.165) is 24.2 Å². The van der Waals surface area contributed by atoms with Crippen LogP contribution in [0.15, 0.2) is 74.2 Å². The van der Waals surface area contributed by atoms with Gasteiger partial charge < -0.3 is 47.5 Å². The monoisotopic (exact) mass is 1330 g/mol. The molecule has 10 bridgehead atoms. The molecule has 7 amide bonds. The molecule has 1 aliphatic heterocycles. The molecular formula is C59H64N16O9S6. The molecule has 90 heavy (non-hydrogen) atoms. The number of rotatable bonds is 15. The fraction of sp³-hybridized carbons (Fsp3) is 0.390. The van der Waals surface area contributed by atoms with E-state index >= 15 is 0 Å². The van der Waals surface area contributed by atoms with Crippen molar-refractivity contribution in [2.75, 3.05) is 33.8 Å². The minimum Gasteiger partial charge on any atom is -0.386 e. The number of unbranched alkanes of at least 4 members (excludes halogenated alkanes) is 1. The molecule has 1 aromatic carbocycles. The number of nitrogens with two attached hydrogens (primary N) is 1. The van der Waals surface area contributed by atoms with E-state index in [1.165, 1.54) is 70.8 Å². The lowest BCUT2D eigenvalue weighted by Gasteiger charge is -2.25. The van der Waals surface area contributed by atoms with Crippen molar-refractivity contribution in [3.63, 3.8) is 0 Å². The molecule has 10 rings (SSSR count). The highest BCUT2D eigenvalue weighted by Crippen LogP contribution is 2.41. The SMILES string of the molecule is CNC(=O)C[C@@H]1NC(=O)c2csc(n2)-c2ccc(-c3nc(N=NC(=O)[C@H]4CC[C@H](C(=O)NCCCCN)CC4)cs3)nc2-c2csc(n2)-c2csc(n2)[C@H]([C@@H](O)c2ccccc2)NC(=O)CNC(=O)c2nc(sc2COC)[C@H](C(C)C)NC(=O)c2nc1sc2C. The lowest BCUT2D eigenvalue weighted by Crippen LogP contribution is -2.40. The molecule has 0 spiro atoms. The lowest BCUT2D eigenvalue weighted by molar-refractivity contribution is -0.129. The Morgan fingerprint density at radius 2 is 1.42 bits per heavy atom. The van der Waals surface area contributed by atoms with Crippen molar-refractivity contribution in [2.45, 2.75) is 96.6 Å². The van der Waals surface area contributed by atoms with Crippen LogP contribution in [-0.4, -0.2) is 115 Å². The molecular weight excluding hydrogens is 1270 g/mol. The molecule has 470 valence electrons. The highest BCUT2D eigenvalue weighted by atomic mass is 32.1. The van der Waals surface area contributed by atoms with E-state index in [2.05, 4.69) is 47.1 Å². The van der Waals surface area contributed by atoms with Gasteiger partial charge in [0.1, 0.15) is 76.4 Å². The van der Waals surface area contributed by atoms with Crippen molar-refractivity contribution in [1.29, 1.82) is 0 Å². The molecule has 4 atom stereocenters. The molecule has 0 unspecified atom stereocenters. The number of aromatic nitrogens is 7. The number of hydrogen-bond acceptors (Lipinski definition) is 24. The van der Waals surface area contributed by atoms with Crippen LogP contribution in [0.25, 0.3) is 43.4 Å². The normalized spacial score (nSPS) is 18.7. The first kappa shape index (κ1) is 65.1. The predicted molar refractivity (Wildman–Crippen MR) is 343 cm³/mol. The molecule has 25 nitrogen and oxygen atoms in total. The van der Waals surface area contributed by atoms with Crippen LogP contribution in [0.1, 0.15) is 145 Å². The average molecular weight is 1330 g/mol. The quantitative estimate of drug-likeness (QED) is 0.0352. The summed E-state index contributed by atoms with van der Waals surface area (Å²) in [5.41, 5.74) is 8.28. The summed E-state index contributed by atoms with van der Waals surface area (Å²) in [4.78, 5) is 131. The average Bonchev–Trinajstić information content (AvgIpc) is 1.66. The van der Waals surface area contributed by atoms with E-state index in [-0.39, 0.29) is 70.5 Å². The van der Waals surface area contributed by atoms with Crippen molar-refractivity contribution in [3.05, 3.63) is 111 Å². The maximum atomic E-state index is 14.4. The molecule has 7 aromatic heterocycles. The third-order valence-corrected chi connectivity index (χ3v) is 20.6. The number of fused-ring (bicyclic) bond motifs is 14. The van der Waals surface area contributed by atoms with Crippen LogP contribution in [0, 0.1) is 24.7 Å². The number of nitrogens with one attached hydrogen (secondary N) is 6. The van der Waals surface area contributed by atoms with E-state index < -0.39 is 60.3 Å². The number of azo groups is 1. The minimum atomic E-state index is -1.28. The third-order valence-electron chi connectivity index (χ3n) is 14.9. The second-order valence-electron chi connectivity index (χ2n) is 21.5. The fourth-order valence-corrected chi connectivity index (χ4v) is 15.5. The Kier molecular flexibility index (Phi) is 21.6. The maximum Gasteiger partial charge on any atom is 0.271 e. The highest BCUT2D eigenvalue weighted by Gasteiger charge is 2.34. The van der Waals surface area contributed by atoms with Crippen LogP contribution < -0.4 is 37.6 Å². The first-order valence-electron chi connectivity index (χ1n) is 28.9. The van der Waals surface area contributed by atoms with Gasteiger partial charge in [-0.25, -0.2) is 34.9 Å². The zero-order chi connectivity index (χ0) is 63.6. The zero-order valence-electron chi connectivity index (χ0n) is 49.4. The molecule has 1 fully saturated rings. The van der Waals surface area contributed by atoms with Gasteiger partial charge in [0.05, 0.1) is 42.2 Å². The largest absolute Gasteiger partial charge is 0.386 e. The lowest BCUT2D eigenvalue weighted by atomic mass is 9.81. The standard InChI is InChI=1S/C59H64N16O9S6/c1-28(2)43-59-73-46(39(90-59)23-84-5)52(82)63-22-42(77)70-47(48(78)30-11-7-6-8-12-30)58-68-38(26-87-58)56-66-36(24-86-56)45-33(54-67-37(25-85-54)51(81)65-35(21-41(76)61-4)57-72-44(29(3)89-57)53(83)71-43)17-18-34(64-45)55-69-40(27-88-55)74-75-50(80)32-15-13-31(14-16-32)49(79)62-20-10-9-19-60/h6-8,11-12,17-18,24-28,31-32,35,43,47-48,78H,9-10,13-16,19-23,60H2,1-5H3,(H,61,76)(H,62,79)(H,63,82)(H,65,81)(H,70,77)(H,71,83)/t31-,32-,35-,43-,47-,48-/m0/s1. The number of pyridine rings is 1. The first-order chi connectivity index (χ1) is 43.5. The van der Waals surface area contributed by atoms with Crippen LogP contribution in [0.4, 0.5) is 5.82 Å². The Balaban J connectivity index is 0.988. The molecule has 0 saturated heterocycles. The van der Waals surface area contributed by atoms with Gasteiger partial charge in [-0.1, -0.05) is 44.2 Å². The van der Waals surface area contributed by atoms with Crippen LogP contribution in [0.3, 0.4) is 0 Å². The minimum absolute atomic E-state index is 0.000158. The summed E-state index contributed by atoms with van der Waals surface area (Å²) in [6.45, 7) is 6.11. The summed E-state index contributed by atoms with van der Waals surface area (Å²) in [7, 11) is 2.94. The molecule has 1 saturated carbocycles. The van der Waals surface area contributed by atoms with Crippen molar-refractivity contribution >= 4 is 115 Å². The van der Waals surface area contributed by atoms with Gasteiger partial charge in [0.25, 0.3) is 23.6 Å². The van der Waals surface area contributed by atoms with Crippen molar-refractivity contribution < 1.29 is 43.4 Å². The number of methoxy groups -OCH3 is 1. The Labute approximate surface area is 540 Å². The number of amides is 7. The molecule has 8 aromatic rings. The Morgan fingerprint density at radius 3 is 2.18 bits per heavy atom. The summed E-state index contributed by atoms with van der Waals surface area (Å²) in [5, 5.41) is 46.5. The summed E-state index contributed by atoms with van der Waals surface area (Å²) in [5.74, 6) is -3.85. The van der Waals surface area contributed by atoms with Gasteiger partial charge in [-0.2, -0.15) is 0 Å². The summed E-state index contributed by atoms with van der Waals surface area (Å²) in [6, 6.07) is 9.51. The molecule has 9 N–H and O–H groups in total. The smallest absolute Gasteiger partial charge is 0.271 e. The number of thiazole rings is 6. The van der Waals surface area contributed by atoms with E-state index in [1.807, 2.05) is 13.8 Å². The van der Waals surface area contributed by atoms with Crippen molar-refractivity contribution in [3.8, 4) is 43.4 Å². The molecule has 0 radical (unpaired) electrons. The summed E-state index contributed by atoms with van der Waals surface area (Å²) in [6.07, 6.45) is 2.33. The van der Waals surface area contributed by atoms with E-state index in [1.54, 1.807) is 70.9 Å². The molecule has 1 aliphatic carbocycles. The number of carbonyl (C=O) groups is 7. The molecule has 8 heterocycles. The third kappa shape index (κ3) is 15.5. The van der Waals surface area contributed by atoms with Gasteiger partial charge in [0.15, 0.2) is 5.82 Å². The number of ether oxygens (including phenoxy) is 1. The number of benzene rings is 1. The van der Waals surface area contributed by atoms with Gasteiger partial charge >= 0.3 is 0 Å². The van der Waals surface area contributed by atoms with Crippen molar-refractivity contribution in [2.24, 2.45) is 33.7 Å². The second-order valence-corrected chi connectivity index (χ2v) is 27.3. The zero-order valence-corrected chi connectivity index (χ0v) is 54.3. The Morgan fingerprint density at radius 1 is 0.711 bits per heavy atom. The number of carbonyl (C=O) groups excluding carboxylic acids is 7. The van der Waals surface area contributed by atoms with Crippen LogP contribution in [-0.2, 0) is 30.5 Å². The van der Waals surface area contributed by atoms with E-state index in [4.69, 9.17) is 40.4 Å². The van der Waals surface area contributed by atoms with Gasteiger partial charge in [-0.15, -0.1) is 78.2 Å². The summed E-state index contributed by atoms with van der Waals surface area (Å²) >= 11 is 7.18. The van der Waals surface area contributed by atoms with Crippen molar-refractivity contribution in [1.82, 2.24) is 66.8 Å². The number of aryl methyl sites for hydroxylation is 1. The van der Waals surface area contributed by atoms with Gasteiger partial charge in [-0.05, 0) is 75.6 Å². The summed E-state index contributed by atoms with van der Waals surface area (Å²) < 4.78 is 5.46. The Hall–Kier alpha value is -7.88. The highest BCUT2D eigenvalue weighted by molar-refractivity contribution is 7.15. The van der Waals surface area contributed by atoms with Crippen LogP contribution >= 0.6 is 68.0 Å². The first-order valence-corrected chi connectivity index (χ1v) is 34.0. The Bertz CT molecular complexity index is 3940. The predicted octanol–water partition coefficient (Wildman–Crippen LogP) is 8.58. The second kappa shape index (κ2) is 29.8. The molecule has 2 aliphatic rings. The maximum absolute atomic E-state index is 14.4. The topological polar surface area (TPSA) is 362 Å². The number of aliphatic hydroxyl groups excluding tert-OH is 1. The molecule has 31 heteroatoms. The van der Waals surface area contributed by atoms with Gasteiger partial charge in [0.2, 0.25) is 17.7 Å². The number of nitrogens with zero attached hydrogens (tertiary/aromatic N) is 9. The van der Waals surface area contributed by atoms with E-state index in [0.29, 0.717) is 107 Å².